The topological polar surface area (TPSA) is 38.8 Å². The van der Waals surface area contributed by atoms with E-state index in [-0.39, 0.29) is 5.91 Å². The Bertz CT molecular complexity index is 643. The maximum absolute atomic E-state index is 12.6. The van der Waals surface area contributed by atoms with Gasteiger partial charge in [0.15, 0.2) is 11.5 Å². The van der Waals surface area contributed by atoms with Gasteiger partial charge in [0.2, 0.25) is 0 Å². The summed E-state index contributed by atoms with van der Waals surface area (Å²) in [5.74, 6) is 1.10. The van der Waals surface area contributed by atoms with Gasteiger partial charge < -0.3 is 14.4 Å². The monoisotopic (exact) mass is 383 g/mol. The van der Waals surface area contributed by atoms with Crippen molar-refractivity contribution in [3.05, 3.63) is 44.6 Å². The van der Waals surface area contributed by atoms with Crippen molar-refractivity contribution in [2.75, 3.05) is 20.8 Å². The number of methoxy groups -OCH3 is 1. The summed E-state index contributed by atoms with van der Waals surface area (Å²) in [6, 6.07) is 7.47. The fourth-order valence-electron chi connectivity index (χ4n) is 2.06. The maximum atomic E-state index is 12.6. The number of carbonyl (C=O) groups is 1. The minimum Gasteiger partial charge on any atom is -0.493 e. The molecule has 0 unspecified atom stereocenters. The first-order valence-corrected chi connectivity index (χ1v) is 8.52. The van der Waals surface area contributed by atoms with E-state index in [1.807, 2.05) is 24.4 Å². The zero-order valence-corrected chi connectivity index (χ0v) is 15.2. The summed E-state index contributed by atoms with van der Waals surface area (Å²) in [7, 11) is 3.35. The molecule has 1 aromatic heterocycles. The number of hydrogen-bond acceptors (Lipinski definition) is 4. The quantitative estimate of drug-likeness (QED) is 0.750. The van der Waals surface area contributed by atoms with E-state index in [9.17, 15) is 4.79 Å². The van der Waals surface area contributed by atoms with Gasteiger partial charge in [-0.2, -0.15) is 0 Å². The zero-order chi connectivity index (χ0) is 16.1. The average Bonchev–Trinajstić information content (AvgIpc) is 3.01. The Balaban J connectivity index is 2.24. The van der Waals surface area contributed by atoms with Gasteiger partial charge in [-0.05, 0) is 46.4 Å². The fourth-order valence-corrected chi connectivity index (χ4v) is 3.37. The predicted octanol–water partition coefficient (Wildman–Crippen LogP) is 4.19. The van der Waals surface area contributed by atoms with Gasteiger partial charge in [-0.25, -0.2) is 0 Å². The molecule has 2 rings (SSSR count). The van der Waals surface area contributed by atoms with Gasteiger partial charge in [-0.15, -0.1) is 11.3 Å². The molecule has 0 atom stereocenters. The second-order valence-corrected chi connectivity index (χ2v) is 6.55. The Morgan fingerprint density at radius 2 is 2.18 bits per heavy atom. The van der Waals surface area contributed by atoms with Gasteiger partial charge in [-0.1, -0.05) is 6.07 Å². The van der Waals surface area contributed by atoms with E-state index in [1.165, 1.54) is 0 Å². The number of rotatable bonds is 6. The summed E-state index contributed by atoms with van der Waals surface area (Å²) in [4.78, 5) is 15.4. The molecule has 0 spiro atoms. The highest BCUT2D eigenvalue weighted by Gasteiger charge is 2.18. The standard InChI is InChI=1S/C16H18BrNO3S/c1-4-21-15-13(17)8-11(9-14(15)20-3)16(19)18(2)10-12-6-5-7-22-12/h5-9H,4,10H2,1-3H3. The van der Waals surface area contributed by atoms with Crippen LogP contribution in [0.4, 0.5) is 0 Å². The Hall–Kier alpha value is -1.53. The van der Waals surface area contributed by atoms with E-state index < -0.39 is 0 Å². The molecule has 1 amide bonds. The molecule has 0 radical (unpaired) electrons. The molecule has 2 aromatic rings. The highest BCUT2D eigenvalue weighted by atomic mass is 79.9. The van der Waals surface area contributed by atoms with E-state index in [1.54, 1.807) is 42.5 Å². The smallest absolute Gasteiger partial charge is 0.254 e. The number of carbonyl (C=O) groups excluding carboxylic acids is 1. The molecular weight excluding hydrogens is 366 g/mol. The Labute approximate surface area is 142 Å². The van der Waals surface area contributed by atoms with E-state index in [2.05, 4.69) is 15.9 Å². The Morgan fingerprint density at radius 1 is 1.41 bits per heavy atom. The fraction of sp³-hybridized carbons (Fsp3) is 0.312. The second-order valence-electron chi connectivity index (χ2n) is 4.66. The van der Waals surface area contributed by atoms with Crippen molar-refractivity contribution in [2.45, 2.75) is 13.5 Å². The average molecular weight is 384 g/mol. The summed E-state index contributed by atoms with van der Waals surface area (Å²) in [6.45, 7) is 3.02. The molecule has 0 aliphatic rings. The molecule has 0 bridgehead atoms. The SMILES string of the molecule is CCOc1c(Br)cc(C(=O)N(C)Cc2cccs2)cc1OC. The van der Waals surface area contributed by atoms with Crippen molar-refractivity contribution in [1.29, 1.82) is 0 Å². The number of hydrogen-bond donors (Lipinski definition) is 0. The lowest BCUT2D eigenvalue weighted by molar-refractivity contribution is 0.0786. The number of benzene rings is 1. The molecule has 118 valence electrons. The van der Waals surface area contributed by atoms with Crippen LogP contribution in [-0.2, 0) is 6.54 Å². The number of ether oxygens (including phenoxy) is 2. The van der Waals surface area contributed by atoms with E-state index in [4.69, 9.17) is 9.47 Å². The minimum absolute atomic E-state index is 0.0598. The van der Waals surface area contributed by atoms with Crippen molar-refractivity contribution in [1.82, 2.24) is 4.90 Å². The van der Waals surface area contributed by atoms with E-state index >= 15 is 0 Å². The highest BCUT2D eigenvalue weighted by Crippen LogP contribution is 2.37. The molecule has 0 saturated heterocycles. The molecule has 1 aromatic carbocycles. The molecule has 0 aliphatic carbocycles. The molecular formula is C16H18BrNO3S. The van der Waals surface area contributed by atoms with Crippen LogP contribution in [0.3, 0.4) is 0 Å². The van der Waals surface area contributed by atoms with Crippen LogP contribution >= 0.6 is 27.3 Å². The lowest BCUT2D eigenvalue weighted by Gasteiger charge is -2.18. The van der Waals surface area contributed by atoms with E-state index in [0.29, 0.717) is 34.7 Å². The normalized spacial score (nSPS) is 10.4. The number of thiophene rings is 1. The van der Waals surface area contributed by atoms with Crippen LogP contribution in [0.2, 0.25) is 0 Å². The van der Waals surface area contributed by atoms with Crippen LogP contribution < -0.4 is 9.47 Å². The third-order valence-electron chi connectivity index (χ3n) is 3.08. The molecule has 0 aliphatic heterocycles. The number of amides is 1. The van der Waals surface area contributed by atoms with Crippen molar-refractivity contribution in [3.8, 4) is 11.5 Å². The van der Waals surface area contributed by atoms with Gasteiger partial charge in [-0.3, -0.25) is 4.79 Å². The van der Waals surface area contributed by atoms with Crippen LogP contribution in [0, 0.1) is 0 Å². The maximum Gasteiger partial charge on any atom is 0.254 e. The van der Waals surface area contributed by atoms with Crippen molar-refractivity contribution in [3.63, 3.8) is 0 Å². The Kier molecular flexibility index (Phi) is 5.85. The lowest BCUT2D eigenvalue weighted by Crippen LogP contribution is -2.25. The van der Waals surface area contributed by atoms with Gasteiger partial charge in [0.05, 0.1) is 24.7 Å². The van der Waals surface area contributed by atoms with Gasteiger partial charge in [0.1, 0.15) is 0 Å². The summed E-state index contributed by atoms with van der Waals surface area (Å²) >= 11 is 5.08. The molecule has 4 nitrogen and oxygen atoms in total. The van der Waals surface area contributed by atoms with Gasteiger partial charge in [0.25, 0.3) is 5.91 Å². The summed E-state index contributed by atoms with van der Waals surface area (Å²) in [6.07, 6.45) is 0. The Morgan fingerprint density at radius 3 is 2.77 bits per heavy atom. The van der Waals surface area contributed by atoms with Gasteiger partial charge in [0, 0.05) is 17.5 Å². The molecule has 0 saturated carbocycles. The highest BCUT2D eigenvalue weighted by molar-refractivity contribution is 9.10. The first-order chi connectivity index (χ1) is 10.6. The first kappa shape index (κ1) is 16.8. The first-order valence-electron chi connectivity index (χ1n) is 6.85. The van der Waals surface area contributed by atoms with Crippen LogP contribution in [0.1, 0.15) is 22.2 Å². The van der Waals surface area contributed by atoms with Gasteiger partial charge >= 0.3 is 0 Å². The van der Waals surface area contributed by atoms with Crippen molar-refractivity contribution < 1.29 is 14.3 Å². The van der Waals surface area contributed by atoms with E-state index in [0.717, 1.165) is 4.88 Å². The second kappa shape index (κ2) is 7.65. The predicted molar refractivity (Wildman–Crippen MR) is 92.0 cm³/mol. The zero-order valence-electron chi connectivity index (χ0n) is 12.8. The van der Waals surface area contributed by atoms with Crippen LogP contribution in [0.15, 0.2) is 34.1 Å². The van der Waals surface area contributed by atoms with Crippen LogP contribution in [0.25, 0.3) is 0 Å². The molecule has 22 heavy (non-hydrogen) atoms. The molecule has 0 N–H and O–H groups in total. The molecule has 0 fully saturated rings. The summed E-state index contributed by atoms with van der Waals surface area (Å²) < 4.78 is 11.6. The third-order valence-corrected chi connectivity index (χ3v) is 4.54. The largest absolute Gasteiger partial charge is 0.493 e. The van der Waals surface area contributed by atoms with Crippen molar-refractivity contribution in [2.24, 2.45) is 0 Å². The molecule has 1 heterocycles. The minimum atomic E-state index is -0.0598. The number of halogens is 1. The summed E-state index contributed by atoms with van der Waals surface area (Å²) in [5, 5.41) is 2.00. The molecule has 6 heteroatoms. The van der Waals surface area contributed by atoms with Crippen LogP contribution in [-0.4, -0.2) is 31.6 Å². The third kappa shape index (κ3) is 3.81. The summed E-state index contributed by atoms with van der Waals surface area (Å²) in [5.41, 5.74) is 0.561. The van der Waals surface area contributed by atoms with Crippen LogP contribution in [0.5, 0.6) is 11.5 Å². The lowest BCUT2D eigenvalue weighted by atomic mass is 10.1. The number of nitrogens with zero attached hydrogens (tertiary/aromatic N) is 1. The van der Waals surface area contributed by atoms with Crippen molar-refractivity contribution >= 4 is 33.2 Å².